The van der Waals surface area contributed by atoms with Crippen molar-refractivity contribution >= 4 is 17.9 Å². The van der Waals surface area contributed by atoms with Crippen LogP contribution in [0.3, 0.4) is 0 Å². The number of esters is 1. The van der Waals surface area contributed by atoms with Gasteiger partial charge in [-0.05, 0) is 19.1 Å². The summed E-state index contributed by atoms with van der Waals surface area (Å²) in [6.07, 6.45) is 1.50. The highest BCUT2D eigenvalue weighted by molar-refractivity contribution is 5.95. The molecule has 9 heteroatoms. The lowest BCUT2D eigenvalue weighted by atomic mass is 9.99. The molecule has 1 fully saturated rings. The molecular weight excluding hydrogens is 352 g/mol. The molecule has 3 heterocycles. The first kappa shape index (κ1) is 19.0. The minimum Gasteiger partial charge on any atom is -0.467 e. The number of amides is 3. The highest BCUT2D eigenvalue weighted by Crippen LogP contribution is 2.27. The van der Waals surface area contributed by atoms with Crippen molar-refractivity contribution in [1.29, 1.82) is 0 Å². The molecule has 1 aromatic rings. The van der Waals surface area contributed by atoms with Gasteiger partial charge in [-0.15, -0.1) is 0 Å². The number of carbonyl (C=O) groups excluding carboxylic acids is 3. The number of rotatable bonds is 5. The molecule has 3 rings (SSSR count). The van der Waals surface area contributed by atoms with Crippen molar-refractivity contribution in [3.63, 3.8) is 0 Å². The summed E-state index contributed by atoms with van der Waals surface area (Å²) in [6, 6.07) is 2.34. The first-order valence-electron chi connectivity index (χ1n) is 9.09. The maximum absolute atomic E-state index is 12.6. The predicted octanol–water partition coefficient (Wildman–Crippen LogP) is -0.802. The Kier molecular flexibility index (Phi) is 5.80. The van der Waals surface area contributed by atoms with Crippen LogP contribution in [0.1, 0.15) is 25.6 Å². The highest BCUT2D eigenvalue weighted by Gasteiger charge is 2.37. The molecule has 0 aliphatic carbocycles. The number of hydrogen-bond donors (Lipinski definition) is 3. The molecule has 1 aromatic heterocycles. The molecule has 27 heavy (non-hydrogen) atoms. The zero-order chi connectivity index (χ0) is 19.4. The maximum atomic E-state index is 12.6. The Morgan fingerprint density at radius 2 is 2.11 bits per heavy atom. The first-order valence-corrected chi connectivity index (χ1v) is 9.09. The number of hydrogen-bond acceptors (Lipinski definition) is 5. The summed E-state index contributed by atoms with van der Waals surface area (Å²) < 4.78 is 10.6. The number of nitrogens with one attached hydrogen (secondary N) is 3. The van der Waals surface area contributed by atoms with Crippen LogP contribution in [0.4, 0.5) is 4.79 Å². The summed E-state index contributed by atoms with van der Waals surface area (Å²) in [4.78, 5) is 39.3. The molecular formula is C18H25N4O5+. The van der Waals surface area contributed by atoms with E-state index in [9.17, 15) is 14.4 Å². The van der Waals surface area contributed by atoms with Crippen LogP contribution in [0, 0.1) is 0 Å². The van der Waals surface area contributed by atoms with Gasteiger partial charge in [-0.1, -0.05) is 0 Å². The van der Waals surface area contributed by atoms with E-state index in [1.807, 2.05) is 0 Å². The maximum Gasteiger partial charge on any atom is 0.338 e. The Morgan fingerprint density at radius 3 is 2.70 bits per heavy atom. The molecule has 0 radical (unpaired) electrons. The number of quaternary nitrogens is 1. The largest absolute Gasteiger partial charge is 0.467 e. The molecule has 3 N–H and O–H groups in total. The highest BCUT2D eigenvalue weighted by atomic mass is 16.5. The van der Waals surface area contributed by atoms with Gasteiger partial charge in [0.15, 0.2) is 0 Å². The van der Waals surface area contributed by atoms with Gasteiger partial charge in [0.2, 0.25) is 5.91 Å². The summed E-state index contributed by atoms with van der Waals surface area (Å²) in [5.41, 5.74) is 0.887. The topological polar surface area (TPSA) is 105 Å². The summed E-state index contributed by atoms with van der Waals surface area (Å²) in [5.74, 6) is 0.0542. The van der Waals surface area contributed by atoms with Gasteiger partial charge in [0.1, 0.15) is 18.3 Å². The van der Waals surface area contributed by atoms with Crippen molar-refractivity contribution in [2.24, 2.45) is 0 Å². The lowest BCUT2D eigenvalue weighted by Gasteiger charge is -2.34. The number of nitrogens with zero attached hydrogens (tertiary/aromatic N) is 1. The van der Waals surface area contributed by atoms with Gasteiger partial charge in [-0.25, -0.2) is 9.59 Å². The first-order chi connectivity index (χ1) is 13.0. The van der Waals surface area contributed by atoms with Crippen LogP contribution in [-0.4, -0.2) is 62.1 Å². The molecule has 0 saturated carbocycles. The van der Waals surface area contributed by atoms with Crippen molar-refractivity contribution in [2.45, 2.75) is 19.9 Å². The molecule has 2 aliphatic heterocycles. The van der Waals surface area contributed by atoms with Crippen molar-refractivity contribution in [3.8, 4) is 0 Å². The van der Waals surface area contributed by atoms with E-state index in [2.05, 4.69) is 10.6 Å². The van der Waals surface area contributed by atoms with Crippen molar-refractivity contribution in [2.75, 3.05) is 39.3 Å². The second kappa shape index (κ2) is 8.26. The number of urea groups is 1. The lowest BCUT2D eigenvalue weighted by Crippen LogP contribution is -3.15. The summed E-state index contributed by atoms with van der Waals surface area (Å²) in [5, 5.41) is 5.50. The third-order valence-electron chi connectivity index (χ3n) is 4.82. The zero-order valence-corrected chi connectivity index (χ0v) is 15.5. The van der Waals surface area contributed by atoms with E-state index in [0.717, 1.165) is 13.1 Å². The average Bonchev–Trinajstić information content (AvgIpc) is 3.16. The molecule has 2 aliphatic rings. The summed E-state index contributed by atoms with van der Waals surface area (Å²) in [6.45, 7) is 6.79. The Balaban J connectivity index is 1.85. The van der Waals surface area contributed by atoms with Gasteiger partial charge in [0.25, 0.3) is 0 Å². The Labute approximate surface area is 157 Å². The van der Waals surface area contributed by atoms with E-state index < -0.39 is 12.0 Å². The fraction of sp³-hybridized carbons (Fsp3) is 0.500. The molecule has 0 aromatic carbocycles. The minimum atomic E-state index is -0.694. The average molecular weight is 377 g/mol. The molecule has 1 atom stereocenters. The van der Waals surface area contributed by atoms with Crippen LogP contribution in [0.2, 0.25) is 0 Å². The third kappa shape index (κ3) is 4.30. The normalized spacial score (nSPS) is 20.9. The third-order valence-corrected chi connectivity index (χ3v) is 4.82. The fourth-order valence-corrected chi connectivity index (χ4v) is 3.44. The second-order valence-electron chi connectivity index (χ2n) is 6.59. The van der Waals surface area contributed by atoms with Gasteiger partial charge in [0, 0.05) is 6.92 Å². The fourth-order valence-electron chi connectivity index (χ4n) is 3.44. The van der Waals surface area contributed by atoms with Crippen molar-refractivity contribution in [3.05, 3.63) is 35.4 Å². The molecule has 9 nitrogen and oxygen atoms in total. The number of ether oxygens (including phenoxy) is 1. The van der Waals surface area contributed by atoms with E-state index in [-0.39, 0.29) is 18.5 Å². The number of furan rings is 1. The zero-order valence-electron chi connectivity index (χ0n) is 15.5. The molecule has 0 bridgehead atoms. The van der Waals surface area contributed by atoms with Crippen LogP contribution in [0.25, 0.3) is 0 Å². The van der Waals surface area contributed by atoms with E-state index in [0.29, 0.717) is 36.7 Å². The minimum absolute atomic E-state index is 0.0635. The van der Waals surface area contributed by atoms with Crippen LogP contribution < -0.4 is 15.5 Å². The van der Waals surface area contributed by atoms with Crippen molar-refractivity contribution < 1.29 is 28.4 Å². The lowest BCUT2D eigenvalue weighted by molar-refractivity contribution is -0.899. The van der Waals surface area contributed by atoms with Gasteiger partial charge < -0.3 is 29.6 Å². The Hall–Kier alpha value is -2.81. The predicted molar refractivity (Wildman–Crippen MR) is 94.6 cm³/mol. The van der Waals surface area contributed by atoms with Crippen LogP contribution in [0.5, 0.6) is 0 Å². The van der Waals surface area contributed by atoms with Gasteiger partial charge in [0.05, 0.1) is 50.3 Å². The van der Waals surface area contributed by atoms with Crippen molar-refractivity contribution in [1.82, 2.24) is 15.5 Å². The smallest absolute Gasteiger partial charge is 0.338 e. The molecule has 146 valence electrons. The van der Waals surface area contributed by atoms with E-state index in [4.69, 9.17) is 9.15 Å². The van der Waals surface area contributed by atoms with Crippen LogP contribution >= 0.6 is 0 Å². The number of carbonyl (C=O) groups is 3. The summed E-state index contributed by atoms with van der Waals surface area (Å²) >= 11 is 0. The SMILES string of the molecule is CCOC(=O)C1=C(C[NH+]2CCN(C(C)=O)CC2)NC(=O)N[C@@H]1c1ccco1. The van der Waals surface area contributed by atoms with Crippen LogP contribution in [-0.2, 0) is 14.3 Å². The quantitative estimate of drug-likeness (QED) is 0.583. The molecule has 0 unspecified atom stereocenters. The van der Waals surface area contributed by atoms with E-state index in [1.165, 1.54) is 11.2 Å². The Morgan fingerprint density at radius 1 is 1.37 bits per heavy atom. The Bertz CT molecular complexity index is 735. The standard InChI is InChI=1S/C18H24N4O5/c1-3-26-17(24)15-13(11-21-6-8-22(9-7-21)12(2)23)19-18(25)20-16(15)14-5-4-10-27-14/h4-5,10,16H,3,6-9,11H2,1-2H3,(H2,19,20,25)/p+1/t16-/m1/s1. The molecule has 3 amide bonds. The van der Waals surface area contributed by atoms with Gasteiger partial charge >= 0.3 is 12.0 Å². The monoisotopic (exact) mass is 377 g/mol. The number of piperazine rings is 1. The van der Waals surface area contributed by atoms with E-state index in [1.54, 1.807) is 30.9 Å². The van der Waals surface area contributed by atoms with E-state index >= 15 is 0 Å². The summed E-state index contributed by atoms with van der Waals surface area (Å²) in [7, 11) is 0. The molecule has 1 saturated heterocycles. The van der Waals surface area contributed by atoms with Gasteiger partial charge in [-0.3, -0.25) is 4.79 Å². The second-order valence-corrected chi connectivity index (χ2v) is 6.59. The van der Waals surface area contributed by atoms with Crippen LogP contribution in [0.15, 0.2) is 34.1 Å². The molecule has 0 spiro atoms. The van der Waals surface area contributed by atoms with Gasteiger partial charge in [-0.2, -0.15) is 0 Å².